The number of aldehydes is 1. The van der Waals surface area contributed by atoms with Crippen molar-refractivity contribution in [1.82, 2.24) is 0 Å². The Balaban J connectivity index is 1.76. The zero-order chi connectivity index (χ0) is 14.0. The normalized spacial score (nSPS) is 29.6. The molecule has 1 aromatic carbocycles. The third-order valence-electron chi connectivity index (χ3n) is 3.92. The standard InChI is InChI=1S/C15H17ClO3S/c16-13-3-1-2-11(9-17)14(13)19-12-4-6-18-15(8-12)5-7-20-10-15/h1-3,9,12H,4-8,10H2. The molecule has 1 spiro atoms. The summed E-state index contributed by atoms with van der Waals surface area (Å²) in [6.07, 6.45) is 3.67. The fraction of sp³-hybridized carbons (Fsp3) is 0.533. The van der Waals surface area contributed by atoms with Gasteiger partial charge in [0, 0.05) is 18.6 Å². The molecule has 0 bridgehead atoms. The molecule has 20 heavy (non-hydrogen) atoms. The molecule has 0 amide bonds. The van der Waals surface area contributed by atoms with Crippen LogP contribution in [0.3, 0.4) is 0 Å². The van der Waals surface area contributed by atoms with Gasteiger partial charge in [-0.15, -0.1) is 0 Å². The summed E-state index contributed by atoms with van der Waals surface area (Å²) in [4.78, 5) is 11.1. The van der Waals surface area contributed by atoms with Crippen LogP contribution in [0.4, 0.5) is 0 Å². The number of carbonyl (C=O) groups is 1. The first kappa shape index (κ1) is 14.2. The van der Waals surface area contributed by atoms with E-state index < -0.39 is 0 Å². The first-order valence-corrected chi connectivity index (χ1v) is 8.38. The number of carbonyl (C=O) groups excluding carboxylic acids is 1. The van der Waals surface area contributed by atoms with Gasteiger partial charge in [-0.3, -0.25) is 4.79 Å². The number of ether oxygens (including phenoxy) is 2. The third-order valence-corrected chi connectivity index (χ3v) is 5.44. The van der Waals surface area contributed by atoms with E-state index in [2.05, 4.69) is 0 Å². The summed E-state index contributed by atoms with van der Waals surface area (Å²) in [6.45, 7) is 0.714. The minimum Gasteiger partial charge on any atom is -0.488 e. The number of halogens is 1. The number of thioether (sulfide) groups is 1. The first-order chi connectivity index (χ1) is 9.72. The van der Waals surface area contributed by atoms with Crippen molar-refractivity contribution >= 4 is 29.6 Å². The fourth-order valence-electron chi connectivity index (χ4n) is 2.86. The average Bonchev–Trinajstić information content (AvgIpc) is 2.89. The van der Waals surface area contributed by atoms with Gasteiger partial charge in [0.25, 0.3) is 0 Å². The van der Waals surface area contributed by atoms with E-state index in [9.17, 15) is 4.79 Å². The number of hydrogen-bond donors (Lipinski definition) is 0. The first-order valence-electron chi connectivity index (χ1n) is 6.84. The van der Waals surface area contributed by atoms with E-state index in [1.54, 1.807) is 18.2 Å². The van der Waals surface area contributed by atoms with Crippen molar-refractivity contribution in [2.24, 2.45) is 0 Å². The Morgan fingerprint density at radius 2 is 2.40 bits per heavy atom. The Bertz CT molecular complexity index is 500. The van der Waals surface area contributed by atoms with Gasteiger partial charge in [0.1, 0.15) is 11.9 Å². The Morgan fingerprint density at radius 1 is 1.50 bits per heavy atom. The molecule has 0 aromatic heterocycles. The minimum atomic E-state index is -0.0316. The van der Waals surface area contributed by atoms with Crippen LogP contribution in [-0.4, -0.2) is 36.1 Å². The lowest BCUT2D eigenvalue weighted by molar-refractivity contribution is -0.0959. The molecule has 2 unspecified atom stereocenters. The molecule has 2 saturated heterocycles. The molecular weight excluding hydrogens is 296 g/mol. The third kappa shape index (κ3) is 2.83. The highest BCUT2D eigenvalue weighted by Crippen LogP contribution is 2.40. The number of hydrogen-bond acceptors (Lipinski definition) is 4. The zero-order valence-electron chi connectivity index (χ0n) is 11.1. The molecule has 2 aliphatic rings. The van der Waals surface area contributed by atoms with Gasteiger partial charge in [-0.25, -0.2) is 0 Å². The number of benzene rings is 1. The molecule has 3 rings (SSSR count). The molecular formula is C15H17ClO3S. The van der Waals surface area contributed by atoms with Crippen LogP contribution in [0.2, 0.25) is 5.02 Å². The summed E-state index contributed by atoms with van der Waals surface area (Å²) in [5.74, 6) is 2.70. The maximum absolute atomic E-state index is 11.1. The van der Waals surface area contributed by atoms with Gasteiger partial charge in [0.2, 0.25) is 0 Å². The van der Waals surface area contributed by atoms with Crippen LogP contribution in [0, 0.1) is 0 Å². The van der Waals surface area contributed by atoms with Crippen LogP contribution < -0.4 is 4.74 Å². The molecule has 0 N–H and O–H groups in total. The van der Waals surface area contributed by atoms with E-state index in [1.807, 2.05) is 11.8 Å². The molecule has 108 valence electrons. The van der Waals surface area contributed by atoms with E-state index in [0.29, 0.717) is 22.9 Å². The predicted molar refractivity (Wildman–Crippen MR) is 81.1 cm³/mol. The van der Waals surface area contributed by atoms with E-state index in [1.165, 1.54) is 0 Å². The molecule has 2 atom stereocenters. The summed E-state index contributed by atoms with van der Waals surface area (Å²) in [7, 11) is 0. The van der Waals surface area contributed by atoms with E-state index in [-0.39, 0.29) is 11.7 Å². The van der Waals surface area contributed by atoms with Crippen molar-refractivity contribution in [3.05, 3.63) is 28.8 Å². The van der Waals surface area contributed by atoms with Crippen molar-refractivity contribution in [1.29, 1.82) is 0 Å². The molecule has 5 heteroatoms. The molecule has 2 heterocycles. The van der Waals surface area contributed by atoms with Gasteiger partial charge in [0.05, 0.1) is 22.8 Å². The second-order valence-electron chi connectivity index (χ2n) is 5.34. The minimum absolute atomic E-state index is 0.0316. The predicted octanol–water partition coefficient (Wildman–Crippen LogP) is 3.59. The summed E-state index contributed by atoms with van der Waals surface area (Å²) >= 11 is 8.10. The van der Waals surface area contributed by atoms with Gasteiger partial charge in [-0.2, -0.15) is 11.8 Å². The zero-order valence-corrected chi connectivity index (χ0v) is 12.7. The van der Waals surface area contributed by atoms with E-state index in [4.69, 9.17) is 21.1 Å². The Kier molecular flexibility index (Phi) is 4.24. The lowest BCUT2D eigenvalue weighted by Crippen LogP contribution is -2.43. The van der Waals surface area contributed by atoms with Crippen LogP contribution in [0.25, 0.3) is 0 Å². The van der Waals surface area contributed by atoms with Crippen molar-refractivity contribution in [3.63, 3.8) is 0 Å². The van der Waals surface area contributed by atoms with Crippen molar-refractivity contribution < 1.29 is 14.3 Å². The SMILES string of the molecule is O=Cc1cccc(Cl)c1OC1CCOC2(CCSC2)C1. The Hall–Kier alpha value is -0.710. The second-order valence-corrected chi connectivity index (χ2v) is 6.86. The smallest absolute Gasteiger partial charge is 0.153 e. The summed E-state index contributed by atoms with van der Waals surface area (Å²) in [5, 5.41) is 0.496. The van der Waals surface area contributed by atoms with Gasteiger partial charge in [-0.1, -0.05) is 17.7 Å². The maximum Gasteiger partial charge on any atom is 0.153 e. The van der Waals surface area contributed by atoms with Crippen LogP contribution in [0.1, 0.15) is 29.6 Å². The second kappa shape index (κ2) is 5.96. The molecule has 1 aromatic rings. The van der Waals surface area contributed by atoms with E-state index >= 15 is 0 Å². The lowest BCUT2D eigenvalue weighted by Gasteiger charge is -2.37. The highest BCUT2D eigenvalue weighted by Gasteiger charge is 2.41. The maximum atomic E-state index is 11.1. The van der Waals surface area contributed by atoms with Crippen molar-refractivity contribution in [2.75, 3.05) is 18.1 Å². The monoisotopic (exact) mass is 312 g/mol. The Morgan fingerprint density at radius 3 is 3.15 bits per heavy atom. The highest BCUT2D eigenvalue weighted by molar-refractivity contribution is 7.99. The van der Waals surface area contributed by atoms with E-state index in [0.717, 1.165) is 37.1 Å². The molecule has 0 radical (unpaired) electrons. The largest absolute Gasteiger partial charge is 0.488 e. The molecule has 0 saturated carbocycles. The number of rotatable bonds is 3. The molecule has 2 aliphatic heterocycles. The highest BCUT2D eigenvalue weighted by atomic mass is 35.5. The van der Waals surface area contributed by atoms with Gasteiger partial charge >= 0.3 is 0 Å². The lowest BCUT2D eigenvalue weighted by atomic mass is 9.91. The van der Waals surface area contributed by atoms with Crippen LogP contribution >= 0.6 is 23.4 Å². The van der Waals surface area contributed by atoms with Crippen LogP contribution in [0.5, 0.6) is 5.75 Å². The average molecular weight is 313 g/mol. The van der Waals surface area contributed by atoms with Crippen LogP contribution in [-0.2, 0) is 4.74 Å². The molecule has 3 nitrogen and oxygen atoms in total. The summed E-state index contributed by atoms with van der Waals surface area (Å²) < 4.78 is 12.0. The van der Waals surface area contributed by atoms with Crippen LogP contribution in [0.15, 0.2) is 18.2 Å². The molecule has 0 aliphatic carbocycles. The Labute approximate surface area is 128 Å². The quantitative estimate of drug-likeness (QED) is 0.799. The van der Waals surface area contributed by atoms with Gasteiger partial charge in [0.15, 0.2) is 6.29 Å². The van der Waals surface area contributed by atoms with Gasteiger partial charge in [-0.05, 0) is 24.3 Å². The summed E-state index contributed by atoms with van der Waals surface area (Å²) in [6, 6.07) is 5.25. The van der Waals surface area contributed by atoms with Crippen molar-refractivity contribution in [2.45, 2.75) is 31.0 Å². The number of para-hydroxylation sites is 1. The fourth-order valence-corrected chi connectivity index (χ4v) is 4.46. The summed E-state index contributed by atoms with van der Waals surface area (Å²) in [5.41, 5.74) is 0.481. The molecule has 2 fully saturated rings. The van der Waals surface area contributed by atoms with Gasteiger partial charge < -0.3 is 9.47 Å². The van der Waals surface area contributed by atoms with Crippen molar-refractivity contribution in [3.8, 4) is 5.75 Å². The topological polar surface area (TPSA) is 35.5 Å².